The number of methoxy groups -OCH3 is 1. The number of amides is 1. The van der Waals surface area contributed by atoms with E-state index in [1.807, 2.05) is 42.5 Å². The third-order valence-electron chi connectivity index (χ3n) is 6.05. The molecule has 154 valence electrons. The Bertz CT molecular complexity index is 840. The standard InChI is InChI=1S/C24H29NO4/c1-27-20-9-7-19(8-10-20)24(12-3-2-4-13-24)23(26)25-17-18-6-11-21-22(16-18)29-15-5-14-28-21/h6-11,16H,2-5,12-15,17H2,1H3,(H,25,26). The molecule has 0 aromatic heterocycles. The normalized spacial score (nSPS) is 17.8. The van der Waals surface area contributed by atoms with Gasteiger partial charge in [0.1, 0.15) is 5.75 Å². The Morgan fingerprint density at radius 3 is 2.41 bits per heavy atom. The van der Waals surface area contributed by atoms with E-state index in [0.717, 1.165) is 60.5 Å². The molecule has 0 spiro atoms. The lowest BCUT2D eigenvalue weighted by Gasteiger charge is -2.36. The second-order valence-corrected chi connectivity index (χ2v) is 7.89. The number of hydrogen-bond acceptors (Lipinski definition) is 4. The highest BCUT2D eigenvalue weighted by Crippen LogP contribution is 2.40. The average molecular weight is 395 g/mol. The number of hydrogen-bond donors (Lipinski definition) is 1. The summed E-state index contributed by atoms with van der Waals surface area (Å²) in [7, 11) is 1.66. The summed E-state index contributed by atoms with van der Waals surface area (Å²) in [6, 6.07) is 13.9. The van der Waals surface area contributed by atoms with Crippen LogP contribution in [0.1, 0.15) is 49.7 Å². The van der Waals surface area contributed by atoms with Crippen LogP contribution in [0.4, 0.5) is 0 Å². The summed E-state index contributed by atoms with van der Waals surface area (Å²) in [4.78, 5) is 13.4. The lowest BCUT2D eigenvalue weighted by atomic mass is 9.68. The first kappa shape index (κ1) is 19.6. The number of nitrogens with one attached hydrogen (secondary N) is 1. The number of carbonyl (C=O) groups is 1. The molecule has 0 unspecified atom stereocenters. The van der Waals surface area contributed by atoms with Gasteiger partial charge in [0.25, 0.3) is 0 Å². The molecule has 2 aromatic rings. The molecule has 1 saturated carbocycles. The van der Waals surface area contributed by atoms with Crippen LogP contribution in [-0.4, -0.2) is 26.2 Å². The average Bonchev–Trinajstić information content (AvgIpc) is 3.03. The molecular weight excluding hydrogens is 366 g/mol. The second-order valence-electron chi connectivity index (χ2n) is 7.89. The lowest BCUT2D eigenvalue weighted by molar-refractivity contribution is -0.128. The SMILES string of the molecule is COc1ccc(C2(C(=O)NCc3ccc4c(c3)OCCCO4)CCCCC2)cc1. The predicted octanol–water partition coefficient (Wildman–Crippen LogP) is 4.37. The zero-order valence-corrected chi connectivity index (χ0v) is 17.0. The maximum atomic E-state index is 13.4. The zero-order valence-electron chi connectivity index (χ0n) is 17.0. The van der Waals surface area contributed by atoms with Crippen molar-refractivity contribution in [2.24, 2.45) is 0 Å². The van der Waals surface area contributed by atoms with E-state index in [-0.39, 0.29) is 5.91 Å². The summed E-state index contributed by atoms with van der Waals surface area (Å²) in [5.41, 5.74) is 1.63. The van der Waals surface area contributed by atoms with Crippen LogP contribution in [0.3, 0.4) is 0 Å². The summed E-state index contributed by atoms with van der Waals surface area (Å²) in [5, 5.41) is 3.19. The first-order valence-electron chi connectivity index (χ1n) is 10.5. The smallest absolute Gasteiger partial charge is 0.230 e. The summed E-state index contributed by atoms with van der Waals surface area (Å²) < 4.78 is 16.8. The highest BCUT2D eigenvalue weighted by molar-refractivity contribution is 5.88. The second kappa shape index (κ2) is 8.76. The van der Waals surface area contributed by atoms with Crippen molar-refractivity contribution in [3.8, 4) is 17.2 Å². The van der Waals surface area contributed by atoms with E-state index in [0.29, 0.717) is 19.8 Å². The van der Waals surface area contributed by atoms with E-state index >= 15 is 0 Å². The van der Waals surface area contributed by atoms with Gasteiger partial charge in [0.2, 0.25) is 5.91 Å². The maximum Gasteiger partial charge on any atom is 0.230 e. The van der Waals surface area contributed by atoms with Crippen LogP contribution in [-0.2, 0) is 16.8 Å². The number of ether oxygens (including phenoxy) is 3. The van der Waals surface area contributed by atoms with Crippen LogP contribution in [0.15, 0.2) is 42.5 Å². The number of carbonyl (C=O) groups excluding carboxylic acids is 1. The van der Waals surface area contributed by atoms with E-state index < -0.39 is 5.41 Å². The van der Waals surface area contributed by atoms with Gasteiger partial charge in [0, 0.05) is 13.0 Å². The van der Waals surface area contributed by atoms with Gasteiger partial charge in [0.15, 0.2) is 11.5 Å². The van der Waals surface area contributed by atoms with Gasteiger partial charge in [-0.1, -0.05) is 37.5 Å². The van der Waals surface area contributed by atoms with Gasteiger partial charge in [-0.15, -0.1) is 0 Å². The molecule has 1 aliphatic carbocycles. The van der Waals surface area contributed by atoms with Gasteiger partial charge < -0.3 is 19.5 Å². The fourth-order valence-corrected chi connectivity index (χ4v) is 4.38. The van der Waals surface area contributed by atoms with Crippen LogP contribution in [0, 0.1) is 0 Å². The molecule has 5 nitrogen and oxygen atoms in total. The summed E-state index contributed by atoms with van der Waals surface area (Å²) in [6.45, 7) is 1.81. The van der Waals surface area contributed by atoms with Gasteiger partial charge in [-0.05, 0) is 48.2 Å². The fourth-order valence-electron chi connectivity index (χ4n) is 4.38. The number of benzene rings is 2. The third kappa shape index (κ3) is 4.19. The van der Waals surface area contributed by atoms with E-state index in [4.69, 9.17) is 14.2 Å². The number of rotatable bonds is 5. The molecule has 1 N–H and O–H groups in total. The Morgan fingerprint density at radius 1 is 0.966 bits per heavy atom. The zero-order chi connectivity index (χ0) is 20.1. The van der Waals surface area contributed by atoms with E-state index in [1.54, 1.807) is 7.11 Å². The van der Waals surface area contributed by atoms with E-state index in [9.17, 15) is 4.79 Å². The quantitative estimate of drug-likeness (QED) is 0.817. The summed E-state index contributed by atoms with van der Waals surface area (Å²) in [6.07, 6.45) is 5.98. The van der Waals surface area contributed by atoms with Gasteiger partial charge in [-0.2, -0.15) is 0 Å². The molecule has 0 saturated heterocycles. The molecule has 29 heavy (non-hydrogen) atoms. The first-order chi connectivity index (χ1) is 14.2. The Hall–Kier alpha value is -2.69. The van der Waals surface area contributed by atoms with E-state index in [2.05, 4.69) is 5.32 Å². The Labute approximate surface area is 172 Å². The summed E-state index contributed by atoms with van der Waals surface area (Å²) >= 11 is 0. The monoisotopic (exact) mass is 395 g/mol. The van der Waals surface area contributed by atoms with Crippen LogP contribution in [0.2, 0.25) is 0 Å². The molecule has 1 amide bonds. The number of fused-ring (bicyclic) bond motifs is 1. The van der Waals surface area contributed by atoms with Gasteiger partial charge in [-0.3, -0.25) is 4.79 Å². The molecular formula is C24H29NO4. The minimum atomic E-state index is -0.462. The van der Waals surface area contributed by atoms with Crippen LogP contribution in [0.25, 0.3) is 0 Å². The topological polar surface area (TPSA) is 56.8 Å². The summed E-state index contributed by atoms with van der Waals surface area (Å²) in [5.74, 6) is 2.46. The molecule has 2 aromatic carbocycles. The molecule has 5 heteroatoms. The van der Waals surface area contributed by atoms with Crippen molar-refractivity contribution in [1.82, 2.24) is 5.32 Å². The van der Waals surface area contributed by atoms with Crippen molar-refractivity contribution >= 4 is 5.91 Å². The maximum absolute atomic E-state index is 13.4. The minimum Gasteiger partial charge on any atom is -0.497 e. The molecule has 1 aliphatic heterocycles. The van der Waals surface area contributed by atoms with Crippen molar-refractivity contribution < 1.29 is 19.0 Å². The Kier molecular flexibility index (Phi) is 5.93. The van der Waals surface area contributed by atoms with Crippen molar-refractivity contribution in [2.75, 3.05) is 20.3 Å². The van der Waals surface area contributed by atoms with Crippen molar-refractivity contribution in [3.63, 3.8) is 0 Å². The van der Waals surface area contributed by atoms with Crippen molar-refractivity contribution in [1.29, 1.82) is 0 Å². The van der Waals surface area contributed by atoms with Crippen LogP contribution in [0.5, 0.6) is 17.2 Å². The van der Waals surface area contributed by atoms with Crippen molar-refractivity contribution in [3.05, 3.63) is 53.6 Å². The predicted molar refractivity (Wildman–Crippen MR) is 112 cm³/mol. The van der Waals surface area contributed by atoms with Gasteiger partial charge >= 0.3 is 0 Å². The van der Waals surface area contributed by atoms with Crippen LogP contribution >= 0.6 is 0 Å². The molecule has 2 aliphatic rings. The van der Waals surface area contributed by atoms with E-state index in [1.165, 1.54) is 6.42 Å². The highest BCUT2D eigenvalue weighted by atomic mass is 16.5. The lowest BCUT2D eigenvalue weighted by Crippen LogP contribution is -2.45. The van der Waals surface area contributed by atoms with Crippen molar-refractivity contribution in [2.45, 2.75) is 50.5 Å². The molecule has 1 fully saturated rings. The van der Waals surface area contributed by atoms with Gasteiger partial charge in [0.05, 0.1) is 25.7 Å². The van der Waals surface area contributed by atoms with Gasteiger partial charge in [-0.25, -0.2) is 0 Å². The Balaban J connectivity index is 1.50. The minimum absolute atomic E-state index is 0.106. The molecule has 4 rings (SSSR count). The Morgan fingerprint density at radius 2 is 1.69 bits per heavy atom. The largest absolute Gasteiger partial charge is 0.497 e. The highest BCUT2D eigenvalue weighted by Gasteiger charge is 2.40. The molecule has 0 atom stereocenters. The molecule has 1 heterocycles. The van der Waals surface area contributed by atoms with Crippen LogP contribution < -0.4 is 19.5 Å². The fraction of sp³-hybridized carbons (Fsp3) is 0.458. The molecule has 0 radical (unpaired) electrons. The third-order valence-corrected chi connectivity index (χ3v) is 6.05. The molecule has 0 bridgehead atoms. The first-order valence-corrected chi connectivity index (χ1v) is 10.5.